The van der Waals surface area contributed by atoms with Crippen LogP contribution in [0.2, 0.25) is 10.0 Å². The highest BCUT2D eigenvalue weighted by molar-refractivity contribution is 7.89. The van der Waals surface area contributed by atoms with E-state index in [0.717, 1.165) is 11.1 Å². The third kappa shape index (κ3) is 3.92. The molecule has 0 spiro atoms. The maximum absolute atomic E-state index is 12.7. The Bertz CT molecular complexity index is 812. The molecule has 0 N–H and O–H groups in total. The lowest BCUT2D eigenvalue weighted by molar-refractivity contribution is 0.110. The van der Waals surface area contributed by atoms with Crippen LogP contribution in [0.25, 0.3) is 0 Å². The molecule has 4 nitrogen and oxygen atoms in total. The lowest BCUT2D eigenvalue weighted by Gasteiger charge is -2.28. The van der Waals surface area contributed by atoms with Crippen molar-refractivity contribution in [1.29, 1.82) is 0 Å². The molecule has 0 radical (unpaired) electrons. The lowest BCUT2D eigenvalue weighted by atomic mass is 10.1. The van der Waals surface area contributed by atoms with E-state index in [0.29, 0.717) is 16.7 Å². The van der Waals surface area contributed by atoms with Crippen LogP contribution in [-0.4, -0.2) is 31.7 Å². The average Bonchev–Trinajstić information content (AvgIpc) is 2.71. The van der Waals surface area contributed by atoms with Crippen LogP contribution >= 0.6 is 23.2 Å². The molecule has 7 heteroatoms. The minimum absolute atomic E-state index is 0.0301. The highest BCUT2D eigenvalue weighted by Gasteiger charge is 2.33. The summed E-state index contributed by atoms with van der Waals surface area (Å²) in [6, 6.07) is 14.3. The third-order valence-electron chi connectivity index (χ3n) is 3.97. The van der Waals surface area contributed by atoms with Gasteiger partial charge in [-0.2, -0.15) is 4.31 Å². The molecule has 0 bridgehead atoms. The predicted octanol–water partition coefficient (Wildman–Crippen LogP) is 3.90. The van der Waals surface area contributed by atoms with Crippen molar-refractivity contribution in [1.82, 2.24) is 4.31 Å². The number of benzene rings is 2. The van der Waals surface area contributed by atoms with Crippen LogP contribution in [0.3, 0.4) is 0 Å². The zero-order valence-corrected chi connectivity index (χ0v) is 15.2. The van der Waals surface area contributed by atoms with E-state index < -0.39 is 10.0 Å². The maximum Gasteiger partial charge on any atom is 0.217 e. The van der Waals surface area contributed by atoms with Gasteiger partial charge in [-0.05, 0) is 23.3 Å². The standard InChI is InChI=1S/C17H17Cl2NO3S/c18-15-7-6-13(10-16(15)19)11-20-17(14-4-2-1-3-5-14)12-23-8-9-24(20,21)22/h1-7,10,17H,8-9,11-12H2/t17-/m1/s1. The lowest BCUT2D eigenvalue weighted by Crippen LogP contribution is -2.36. The molecule has 1 aliphatic rings. The second kappa shape index (κ2) is 7.42. The zero-order chi connectivity index (χ0) is 17.2. The summed E-state index contributed by atoms with van der Waals surface area (Å²) in [5.74, 6) is -0.0301. The smallest absolute Gasteiger partial charge is 0.217 e. The number of rotatable bonds is 3. The van der Waals surface area contributed by atoms with Crippen LogP contribution in [0.1, 0.15) is 17.2 Å². The first-order valence-electron chi connectivity index (χ1n) is 7.53. The first kappa shape index (κ1) is 17.7. The van der Waals surface area contributed by atoms with E-state index in [1.165, 1.54) is 4.31 Å². The molecular weight excluding hydrogens is 369 g/mol. The largest absolute Gasteiger partial charge is 0.378 e. The van der Waals surface area contributed by atoms with Gasteiger partial charge in [-0.25, -0.2) is 8.42 Å². The van der Waals surface area contributed by atoms with Crippen LogP contribution in [0, 0.1) is 0 Å². The maximum atomic E-state index is 12.7. The fraction of sp³-hybridized carbons (Fsp3) is 0.294. The second-order valence-electron chi connectivity index (χ2n) is 5.61. The molecule has 0 unspecified atom stereocenters. The van der Waals surface area contributed by atoms with Gasteiger partial charge < -0.3 is 4.74 Å². The van der Waals surface area contributed by atoms with Crippen molar-refractivity contribution < 1.29 is 13.2 Å². The summed E-state index contributed by atoms with van der Waals surface area (Å²) in [6.45, 7) is 0.746. The van der Waals surface area contributed by atoms with Crippen molar-refractivity contribution in [2.24, 2.45) is 0 Å². The van der Waals surface area contributed by atoms with Crippen molar-refractivity contribution in [3.05, 3.63) is 69.7 Å². The summed E-state index contributed by atoms with van der Waals surface area (Å²) in [6.07, 6.45) is 0. The quantitative estimate of drug-likeness (QED) is 0.804. The number of halogens is 2. The highest BCUT2D eigenvalue weighted by atomic mass is 35.5. The van der Waals surface area contributed by atoms with E-state index in [1.54, 1.807) is 18.2 Å². The summed E-state index contributed by atoms with van der Waals surface area (Å²) < 4.78 is 32.5. The van der Waals surface area contributed by atoms with Crippen LogP contribution < -0.4 is 0 Å². The van der Waals surface area contributed by atoms with E-state index in [-0.39, 0.29) is 24.9 Å². The van der Waals surface area contributed by atoms with E-state index in [9.17, 15) is 8.42 Å². The number of ether oxygens (including phenoxy) is 1. The minimum Gasteiger partial charge on any atom is -0.378 e. The van der Waals surface area contributed by atoms with Crippen LogP contribution in [0.15, 0.2) is 48.5 Å². The number of sulfonamides is 1. The zero-order valence-electron chi connectivity index (χ0n) is 12.9. The number of hydrogen-bond acceptors (Lipinski definition) is 3. The summed E-state index contributed by atoms with van der Waals surface area (Å²) >= 11 is 12.0. The first-order chi connectivity index (χ1) is 11.5. The van der Waals surface area contributed by atoms with Gasteiger partial charge in [-0.1, -0.05) is 59.6 Å². The number of hydrogen-bond donors (Lipinski definition) is 0. The molecule has 1 aliphatic heterocycles. The van der Waals surface area contributed by atoms with Gasteiger partial charge >= 0.3 is 0 Å². The molecule has 1 heterocycles. The van der Waals surface area contributed by atoms with Crippen molar-refractivity contribution in [3.8, 4) is 0 Å². The molecule has 1 fully saturated rings. The Morgan fingerprint density at radius 3 is 2.54 bits per heavy atom. The summed E-state index contributed by atoms with van der Waals surface area (Å²) in [5, 5.41) is 0.857. The average molecular weight is 386 g/mol. The fourth-order valence-corrected chi connectivity index (χ4v) is 4.52. The molecule has 3 rings (SSSR count). The van der Waals surface area contributed by atoms with E-state index in [2.05, 4.69) is 0 Å². The monoisotopic (exact) mass is 385 g/mol. The molecule has 24 heavy (non-hydrogen) atoms. The molecule has 1 saturated heterocycles. The van der Waals surface area contributed by atoms with Gasteiger partial charge in [0.25, 0.3) is 0 Å². The summed E-state index contributed by atoms with van der Waals surface area (Å²) in [4.78, 5) is 0. The Morgan fingerprint density at radius 2 is 1.83 bits per heavy atom. The Balaban J connectivity index is 1.98. The van der Waals surface area contributed by atoms with Crippen LogP contribution in [-0.2, 0) is 21.3 Å². The molecular formula is C17H17Cl2NO3S. The number of nitrogens with zero attached hydrogens (tertiary/aromatic N) is 1. The van der Waals surface area contributed by atoms with Crippen molar-refractivity contribution in [2.45, 2.75) is 12.6 Å². The van der Waals surface area contributed by atoms with Gasteiger partial charge in [0.2, 0.25) is 10.0 Å². The SMILES string of the molecule is O=S1(=O)CCOC[C@H](c2ccccc2)N1Cc1ccc(Cl)c(Cl)c1. The van der Waals surface area contributed by atoms with Crippen LogP contribution in [0.5, 0.6) is 0 Å². The van der Waals surface area contributed by atoms with Gasteiger partial charge in [0, 0.05) is 6.54 Å². The van der Waals surface area contributed by atoms with Gasteiger partial charge in [0.15, 0.2) is 0 Å². The van der Waals surface area contributed by atoms with E-state index in [1.807, 2.05) is 30.3 Å². The Labute approximate surface area is 152 Å². The summed E-state index contributed by atoms with van der Waals surface area (Å²) in [7, 11) is -3.45. The molecule has 0 saturated carbocycles. The molecule has 0 aliphatic carbocycles. The molecule has 0 aromatic heterocycles. The Morgan fingerprint density at radius 1 is 1.08 bits per heavy atom. The highest BCUT2D eigenvalue weighted by Crippen LogP contribution is 2.30. The summed E-state index contributed by atoms with van der Waals surface area (Å²) in [5.41, 5.74) is 1.69. The van der Waals surface area contributed by atoms with E-state index in [4.69, 9.17) is 27.9 Å². The second-order valence-corrected chi connectivity index (χ2v) is 8.47. The normalized spacial score (nSPS) is 21.3. The molecule has 2 aromatic carbocycles. The molecule has 2 aromatic rings. The minimum atomic E-state index is -3.45. The molecule has 128 valence electrons. The van der Waals surface area contributed by atoms with Gasteiger partial charge in [-0.3, -0.25) is 0 Å². The van der Waals surface area contributed by atoms with Crippen molar-refractivity contribution in [2.75, 3.05) is 19.0 Å². The van der Waals surface area contributed by atoms with Gasteiger partial charge in [0.1, 0.15) is 0 Å². The Hall–Kier alpha value is -1.11. The molecule has 0 amide bonds. The Kier molecular flexibility index (Phi) is 5.47. The first-order valence-corrected chi connectivity index (χ1v) is 9.90. The van der Waals surface area contributed by atoms with Gasteiger partial charge in [0.05, 0.1) is 35.1 Å². The van der Waals surface area contributed by atoms with Crippen molar-refractivity contribution in [3.63, 3.8) is 0 Å². The van der Waals surface area contributed by atoms with Crippen molar-refractivity contribution >= 4 is 33.2 Å². The fourth-order valence-electron chi connectivity index (χ4n) is 2.72. The van der Waals surface area contributed by atoms with E-state index >= 15 is 0 Å². The third-order valence-corrected chi connectivity index (χ3v) is 6.49. The van der Waals surface area contributed by atoms with Gasteiger partial charge in [-0.15, -0.1) is 0 Å². The predicted molar refractivity (Wildman–Crippen MR) is 95.8 cm³/mol. The topological polar surface area (TPSA) is 46.6 Å². The molecule has 1 atom stereocenters. The van der Waals surface area contributed by atoms with Crippen LogP contribution in [0.4, 0.5) is 0 Å².